The van der Waals surface area contributed by atoms with E-state index in [1.165, 1.54) is 18.5 Å². The smallest absolute Gasteiger partial charge is 0.257 e. The number of hydrogen-bond acceptors (Lipinski definition) is 6. The number of benzene rings is 1. The molecule has 154 valence electrons. The second kappa shape index (κ2) is 7.19. The number of piperidine rings is 1. The van der Waals surface area contributed by atoms with Crippen molar-refractivity contribution in [3.05, 3.63) is 59.5 Å². The summed E-state index contributed by atoms with van der Waals surface area (Å²) in [4.78, 5) is 30.4. The summed E-state index contributed by atoms with van der Waals surface area (Å²) < 4.78 is 20.0. The van der Waals surface area contributed by atoms with Crippen LogP contribution in [-0.4, -0.2) is 51.4 Å². The summed E-state index contributed by atoms with van der Waals surface area (Å²) in [7, 11) is 0. The number of anilines is 1. The van der Waals surface area contributed by atoms with E-state index < -0.39 is 5.82 Å². The number of likely N-dealkylation sites (tertiary alicyclic amines) is 1. The molecule has 2 atom stereocenters. The molecule has 2 fully saturated rings. The van der Waals surface area contributed by atoms with Gasteiger partial charge in [-0.2, -0.15) is 0 Å². The first-order valence-corrected chi connectivity index (χ1v) is 10.1. The minimum atomic E-state index is -0.569. The number of oxazole rings is 1. The Labute approximate surface area is 173 Å². The molecule has 2 aromatic heterocycles. The second-order valence-electron chi connectivity index (χ2n) is 7.97. The predicted octanol–water partition coefficient (Wildman–Crippen LogP) is 3.24. The lowest BCUT2D eigenvalue weighted by Gasteiger charge is -2.53. The molecule has 1 amide bonds. The third-order valence-corrected chi connectivity index (χ3v) is 5.96. The van der Waals surface area contributed by atoms with Gasteiger partial charge in [-0.1, -0.05) is 6.07 Å². The minimum Gasteiger partial charge on any atom is -0.445 e. The first-order chi connectivity index (χ1) is 14.5. The molecule has 0 radical (unpaired) electrons. The molecule has 5 rings (SSSR count). The van der Waals surface area contributed by atoms with Crippen molar-refractivity contribution in [3.63, 3.8) is 0 Å². The molecular weight excluding hydrogens is 385 g/mol. The fourth-order valence-corrected chi connectivity index (χ4v) is 4.48. The lowest BCUT2D eigenvalue weighted by molar-refractivity contribution is 0.0585. The molecule has 0 spiro atoms. The highest BCUT2D eigenvalue weighted by molar-refractivity contribution is 6.00. The number of fused-ring (bicyclic) bond motifs is 1. The maximum atomic E-state index is 14.7. The molecule has 30 heavy (non-hydrogen) atoms. The lowest BCUT2D eigenvalue weighted by atomic mass is 9.82. The van der Waals surface area contributed by atoms with Crippen LogP contribution in [0.15, 0.2) is 41.1 Å². The number of amides is 1. The molecule has 0 saturated carbocycles. The standard InChI is InChI=1S/C22H22FN5O2/c1-13-10-14(2)26-22(25-13)28-11-15-6-8-27(12-18(15)28)21(29)19-16(4-3-5-17(19)23)20-24-7-9-30-20/h3-5,7,9-10,15,18H,6,8,11-12H2,1-2H3. The van der Waals surface area contributed by atoms with E-state index in [0.717, 1.165) is 24.4 Å². The molecule has 3 aromatic rings. The summed E-state index contributed by atoms with van der Waals surface area (Å²) in [6.45, 7) is 5.90. The molecule has 1 aromatic carbocycles. The molecule has 2 saturated heterocycles. The Balaban J connectivity index is 1.41. The molecule has 0 aliphatic carbocycles. The molecule has 7 nitrogen and oxygen atoms in total. The summed E-state index contributed by atoms with van der Waals surface area (Å²) in [5.41, 5.74) is 2.22. The highest BCUT2D eigenvalue weighted by Crippen LogP contribution is 2.36. The van der Waals surface area contributed by atoms with E-state index >= 15 is 0 Å². The van der Waals surface area contributed by atoms with E-state index in [1.54, 1.807) is 17.0 Å². The van der Waals surface area contributed by atoms with Crippen LogP contribution in [0.2, 0.25) is 0 Å². The summed E-state index contributed by atoms with van der Waals surface area (Å²) in [5, 5.41) is 0. The summed E-state index contributed by atoms with van der Waals surface area (Å²) in [6, 6.07) is 6.60. The van der Waals surface area contributed by atoms with Crippen LogP contribution in [0.5, 0.6) is 0 Å². The normalized spacial score (nSPS) is 20.6. The van der Waals surface area contributed by atoms with Crippen molar-refractivity contribution in [3.8, 4) is 11.5 Å². The van der Waals surface area contributed by atoms with Crippen molar-refractivity contribution in [2.45, 2.75) is 26.3 Å². The van der Waals surface area contributed by atoms with Crippen LogP contribution < -0.4 is 4.90 Å². The number of hydrogen-bond donors (Lipinski definition) is 0. The number of nitrogens with zero attached hydrogens (tertiary/aromatic N) is 5. The van der Waals surface area contributed by atoms with Crippen molar-refractivity contribution in [2.24, 2.45) is 5.92 Å². The van der Waals surface area contributed by atoms with Gasteiger partial charge in [-0.15, -0.1) is 0 Å². The topological polar surface area (TPSA) is 75.4 Å². The van der Waals surface area contributed by atoms with Gasteiger partial charge in [-0.3, -0.25) is 4.79 Å². The van der Waals surface area contributed by atoms with E-state index in [-0.39, 0.29) is 23.4 Å². The number of aromatic nitrogens is 3. The second-order valence-corrected chi connectivity index (χ2v) is 7.97. The summed E-state index contributed by atoms with van der Waals surface area (Å²) >= 11 is 0. The van der Waals surface area contributed by atoms with Gasteiger partial charge in [0.2, 0.25) is 11.8 Å². The van der Waals surface area contributed by atoms with Crippen molar-refractivity contribution >= 4 is 11.9 Å². The highest BCUT2D eigenvalue weighted by atomic mass is 19.1. The van der Waals surface area contributed by atoms with Gasteiger partial charge in [0.15, 0.2) is 0 Å². The first kappa shape index (κ1) is 18.7. The predicted molar refractivity (Wildman–Crippen MR) is 109 cm³/mol. The van der Waals surface area contributed by atoms with Crippen molar-refractivity contribution in [2.75, 3.05) is 24.5 Å². The summed E-state index contributed by atoms with van der Waals surface area (Å²) in [5.74, 6) is 0.523. The average molecular weight is 407 g/mol. The summed E-state index contributed by atoms with van der Waals surface area (Å²) in [6.07, 6.45) is 3.77. The molecule has 0 bridgehead atoms. The molecule has 0 N–H and O–H groups in total. The van der Waals surface area contributed by atoms with E-state index in [1.807, 2.05) is 19.9 Å². The van der Waals surface area contributed by atoms with Crippen LogP contribution in [-0.2, 0) is 0 Å². The average Bonchev–Trinajstić information content (AvgIpc) is 3.22. The lowest BCUT2D eigenvalue weighted by Crippen LogP contribution is -2.65. The van der Waals surface area contributed by atoms with Gasteiger partial charge in [0.05, 0.1) is 23.4 Å². The van der Waals surface area contributed by atoms with Gasteiger partial charge in [0.25, 0.3) is 5.91 Å². The van der Waals surface area contributed by atoms with E-state index in [4.69, 9.17) is 4.42 Å². The highest BCUT2D eigenvalue weighted by Gasteiger charge is 2.45. The van der Waals surface area contributed by atoms with E-state index in [2.05, 4.69) is 19.9 Å². The van der Waals surface area contributed by atoms with Gasteiger partial charge >= 0.3 is 0 Å². The Morgan fingerprint density at radius 2 is 2.00 bits per heavy atom. The molecule has 2 aliphatic heterocycles. The van der Waals surface area contributed by atoms with Crippen LogP contribution in [0, 0.1) is 25.6 Å². The Bertz CT molecular complexity index is 1080. The Kier molecular flexibility index (Phi) is 4.49. The van der Waals surface area contributed by atoms with Crippen LogP contribution in [0.3, 0.4) is 0 Å². The largest absolute Gasteiger partial charge is 0.445 e. The molecule has 2 aliphatic rings. The van der Waals surface area contributed by atoms with Crippen molar-refractivity contribution in [1.82, 2.24) is 19.9 Å². The first-order valence-electron chi connectivity index (χ1n) is 10.1. The maximum Gasteiger partial charge on any atom is 0.257 e. The maximum absolute atomic E-state index is 14.7. The van der Waals surface area contributed by atoms with Crippen LogP contribution in [0.1, 0.15) is 28.2 Å². The van der Waals surface area contributed by atoms with Crippen LogP contribution in [0.4, 0.5) is 10.3 Å². The van der Waals surface area contributed by atoms with Crippen LogP contribution in [0.25, 0.3) is 11.5 Å². The Morgan fingerprint density at radius 1 is 1.20 bits per heavy atom. The number of carbonyl (C=O) groups excluding carboxylic acids is 1. The van der Waals surface area contributed by atoms with Crippen molar-refractivity contribution in [1.29, 1.82) is 0 Å². The van der Waals surface area contributed by atoms with E-state index in [9.17, 15) is 9.18 Å². The number of rotatable bonds is 3. The fraction of sp³-hybridized carbons (Fsp3) is 0.364. The zero-order chi connectivity index (χ0) is 20.8. The minimum absolute atomic E-state index is 0.00641. The Morgan fingerprint density at radius 3 is 2.73 bits per heavy atom. The zero-order valence-corrected chi connectivity index (χ0v) is 16.9. The molecule has 2 unspecified atom stereocenters. The monoisotopic (exact) mass is 407 g/mol. The number of halogens is 1. The van der Waals surface area contributed by atoms with Crippen LogP contribution >= 0.6 is 0 Å². The van der Waals surface area contributed by atoms with Gasteiger partial charge in [0.1, 0.15) is 12.1 Å². The Hall–Kier alpha value is -3.29. The van der Waals surface area contributed by atoms with E-state index in [0.29, 0.717) is 30.5 Å². The fourth-order valence-electron chi connectivity index (χ4n) is 4.48. The quantitative estimate of drug-likeness (QED) is 0.664. The molecule has 4 heterocycles. The third-order valence-electron chi connectivity index (χ3n) is 5.96. The van der Waals surface area contributed by atoms with Gasteiger partial charge < -0.3 is 14.2 Å². The SMILES string of the molecule is Cc1cc(C)nc(N2CC3CCN(C(=O)c4c(F)cccc4-c4ncco4)CC32)n1. The number of carbonyl (C=O) groups is 1. The molecule has 8 heteroatoms. The van der Waals surface area contributed by atoms with Gasteiger partial charge in [-0.25, -0.2) is 19.3 Å². The van der Waals surface area contributed by atoms with Gasteiger partial charge in [-0.05, 0) is 38.5 Å². The molecular formula is C22H22FN5O2. The third kappa shape index (κ3) is 3.12. The number of aryl methyl sites for hydroxylation is 2. The van der Waals surface area contributed by atoms with Crippen molar-refractivity contribution < 1.29 is 13.6 Å². The van der Waals surface area contributed by atoms with Gasteiger partial charge in [0, 0.05) is 36.9 Å². The zero-order valence-electron chi connectivity index (χ0n) is 16.9.